The fraction of sp³-hybridized carbons (Fsp3) is 0.292. The molecule has 0 aliphatic carbocycles. The fourth-order valence-corrected chi connectivity index (χ4v) is 3.67. The predicted molar refractivity (Wildman–Crippen MR) is 121 cm³/mol. The second kappa shape index (κ2) is 9.87. The monoisotopic (exact) mass is 401 g/mol. The molecule has 2 amide bonds. The second-order valence-corrected chi connectivity index (χ2v) is 7.52. The molecule has 0 saturated carbocycles. The third-order valence-corrected chi connectivity index (χ3v) is 5.29. The highest BCUT2D eigenvalue weighted by molar-refractivity contribution is 5.90. The topological polar surface area (TPSA) is 70.2 Å². The largest absolute Gasteiger partial charge is 0.355 e. The van der Waals surface area contributed by atoms with Crippen LogP contribution in [0.5, 0.6) is 0 Å². The first-order valence-corrected chi connectivity index (χ1v) is 10.6. The van der Waals surface area contributed by atoms with Crippen molar-refractivity contribution in [3.05, 3.63) is 72.3 Å². The molecule has 154 valence electrons. The predicted octanol–water partition coefficient (Wildman–Crippen LogP) is 4.50. The van der Waals surface area contributed by atoms with Gasteiger partial charge in [0.15, 0.2) is 5.82 Å². The average molecular weight is 402 g/mol. The van der Waals surface area contributed by atoms with Crippen LogP contribution in [0.4, 0.5) is 16.3 Å². The van der Waals surface area contributed by atoms with Crippen molar-refractivity contribution in [3.63, 3.8) is 0 Å². The molecule has 3 aromatic rings. The normalized spacial score (nSPS) is 13.7. The molecular weight excluding hydrogens is 374 g/mol. The average Bonchev–Trinajstić information content (AvgIpc) is 2.81. The molecule has 0 spiro atoms. The lowest BCUT2D eigenvalue weighted by atomic mass is 10.1. The second-order valence-electron chi connectivity index (χ2n) is 7.52. The van der Waals surface area contributed by atoms with Crippen LogP contribution >= 0.6 is 0 Å². The Morgan fingerprint density at radius 2 is 1.73 bits per heavy atom. The third-order valence-electron chi connectivity index (χ3n) is 5.29. The fourth-order valence-electron chi connectivity index (χ4n) is 3.67. The minimum Gasteiger partial charge on any atom is -0.355 e. The molecule has 6 nitrogen and oxygen atoms in total. The number of nitrogens with one attached hydrogen (secondary N) is 2. The van der Waals surface area contributed by atoms with Crippen molar-refractivity contribution in [1.29, 1.82) is 0 Å². The molecule has 4 rings (SSSR count). The van der Waals surface area contributed by atoms with Crippen LogP contribution in [0, 0.1) is 0 Å². The first kappa shape index (κ1) is 19.9. The molecule has 1 fully saturated rings. The van der Waals surface area contributed by atoms with Gasteiger partial charge in [0.2, 0.25) is 0 Å². The van der Waals surface area contributed by atoms with E-state index in [2.05, 4.69) is 37.9 Å². The molecule has 0 unspecified atom stereocenters. The van der Waals surface area contributed by atoms with Crippen LogP contribution in [0.1, 0.15) is 24.8 Å². The summed E-state index contributed by atoms with van der Waals surface area (Å²) >= 11 is 0. The van der Waals surface area contributed by atoms with Gasteiger partial charge in [0.25, 0.3) is 0 Å². The van der Waals surface area contributed by atoms with Crippen molar-refractivity contribution in [2.24, 2.45) is 0 Å². The number of nitrogens with zero attached hydrogens (tertiary/aromatic N) is 3. The molecule has 0 bridgehead atoms. The summed E-state index contributed by atoms with van der Waals surface area (Å²) in [5, 5.41) is 14.6. The Kier molecular flexibility index (Phi) is 6.54. The minimum absolute atomic E-state index is 0.213. The van der Waals surface area contributed by atoms with E-state index in [1.807, 2.05) is 54.6 Å². The van der Waals surface area contributed by atoms with E-state index < -0.39 is 0 Å². The number of carbonyl (C=O) groups is 1. The summed E-state index contributed by atoms with van der Waals surface area (Å²) in [6.45, 7) is 2.68. The molecule has 0 radical (unpaired) electrons. The van der Waals surface area contributed by atoms with Crippen molar-refractivity contribution in [3.8, 4) is 11.3 Å². The Hall–Kier alpha value is -3.41. The Labute approximate surface area is 177 Å². The molecule has 0 atom stereocenters. The summed E-state index contributed by atoms with van der Waals surface area (Å²) < 4.78 is 0. The van der Waals surface area contributed by atoms with Crippen molar-refractivity contribution in [2.45, 2.75) is 25.7 Å². The van der Waals surface area contributed by atoms with Crippen LogP contribution < -0.4 is 15.5 Å². The molecule has 2 aromatic carbocycles. The van der Waals surface area contributed by atoms with E-state index in [9.17, 15) is 4.79 Å². The van der Waals surface area contributed by atoms with Gasteiger partial charge in [-0.15, -0.1) is 10.2 Å². The molecule has 1 saturated heterocycles. The third kappa shape index (κ3) is 5.35. The maximum atomic E-state index is 12.2. The summed E-state index contributed by atoms with van der Waals surface area (Å²) in [6.07, 6.45) is 4.52. The van der Waals surface area contributed by atoms with E-state index in [0.717, 1.165) is 42.3 Å². The molecule has 1 aliphatic rings. The Bertz CT molecular complexity index is 953. The molecule has 2 heterocycles. The molecule has 1 aliphatic heterocycles. The maximum Gasteiger partial charge on any atom is 0.319 e. The summed E-state index contributed by atoms with van der Waals surface area (Å²) in [5.41, 5.74) is 3.65. The molecule has 2 N–H and O–H groups in total. The lowest BCUT2D eigenvalue weighted by Gasteiger charge is -2.27. The van der Waals surface area contributed by atoms with Crippen LogP contribution in [0.15, 0.2) is 66.7 Å². The van der Waals surface area contributed by atoms with E-state index in [-0.39, 0.29) is 6.03 Å². The lowest BCUT2D eigenvalue weighted by Crippen LogP contribution is -2.30. The lowest BCUT2D eigenvalue weighted by molar-refractivity contribution is 0.252. The van der Waals surface area contributed by atoms with Gasteiger partial charge < -0.3 is 15.5 Å². The Balaban J connectivity index is 1.33. The van der Waals surface area contributed by atoms with E-state index >= 15 is 0 Å². The van der Waals surface area contributed by atoms with Crippen LogP contribution in [0.25, 0.3) is 11.3 Å². The number of aromatic nitrogens is 2. The SMILES string of the molecule is O=C(NCCc1ccccc1)Nc1cccc(-c2ccc(N3CCCCC3)nn2)c1. The zero-order chi connectivity index (χ0) is 20.6. The number of piperidine rings is 1. The van der Waals surface area contributed by atoms with Crippen molar-refractivity contribution in [1.82, 2.24) is 15.5 Å². The molecule has 1 aromatic heterocycles. The molecule has 30 heavy (non-hydrogen) atoms. The van der Waals surface area contributed by atoms with Crippen molar-refractivity contribution >= 4 is 17.5 Å². The number of hydrogen-bond donors (Lipinski definition) is 2. The number of amides is 2. The van der Waals surface area contributed by atoms with Crippen LogP contribution in [0.3, 0.4) is 0 Å². The zero-order valence-corrected chi connectivity index (χ0v) is 17.1. The van der Waals surface area contributed by atoms with Gasteiger partial charge in [0.1, 0.15) is 0 Å². The van der Waals surface area contributed by atoms with E-state index in [0.29, 0.717) is 6.54 Å². The Morgan fingerprint density at radius 3 is 2.50 bits per heavy atom. The number of hydrogen-bond acceptors (Lipinski definition) is 4. The van der Waals surface area contributed by atoms with Gasteiger partial charge in [-0.05, 0) is 55.5 Å². The summed E-state index contributed by atoms with van der Waals surface area (Å²) in [7, 11) is 0. The maximum absolute atomic E-state index is 12.2. The quantitative estimate of drug-likeness (QED) is 0.638. The highest BCUT2D eigenvalue weighted by Crippen LogP contribution is 2.23. The molecule has 6 heteroatoms. The van der Waals surface area contributed by atoms with Gasteiger partial charge in [-0.3, -0.25) is 0 Å². The zero-order valence-electron chi connectivity index (χ0n) is 17.1. The summed E-state index contributed by atoms with van der Waals surface area (Å²) in [4.78, 5) is 14.5. The van der Waals surface area contributed by atoms with E-state index in [1.54, 1.807) is 0 Å². The van der Waals surface area contributed by atoms with Crippen LogP contribution in [0.2, 0.25) is 0 Å². The van der Waals surface area contributed by atoms with Crippen molar-refractivity contribution in [2.75, 3.05) is 29.9 Å². The van der Waals surface area contributed by atoms with Gasteiger partial charge in [-0.25, -0.2) is 4.79 Å². The number of anilines is 2. The van der Waals surface area contributed by atoms with Gasteiger partial charge in [-0.1, -0.05) is 42.5 Å². The van der Waals surface area contributed by atoms with Crippen LogP contribution in [-0.2, 0) is 6.42 Å². The number of rotatable bonds is 6. The highest BCUT2D eigenvalue weighted by Gasteiger charge is 2.13. The van der Waals surface area contributed by atoms with Gasteiger partial charge in [-0.2, -0.15) is 0 Å². The first-order valence-electron chi connectivity index (χ1n) is 10.6. The smallest absolute Gasteiger partial charge is 0.319 e. The molecular formula is C24H27N5O. The first-order chi connectivity index (χ1) is 14.8. The number of benzene rings is 2. The van der Waals surface area contributed by atoms with Crippen molar-refractivity contribution < 1.29 is 4.79 Å². The van der Waals surface area contributed by atoms with Gasteiger partial charge in [0, 0.05) is 30.9 Å². The van der Waals surface area contributed by atoms with Crippen LogP contribution in [-0.4, -0.2) is 35.9 Å². The number of carbonyl (C=O) groups excluding carboxylic acids is 1. The highest BCUT2D eigenvalue weighted by atomic mass is 16.2. The van der Waals surface area contributed by atoms with Gasteiger partial charge >= 0.3 is 6.03 Å². The summed E-state index contributed by atoms with van der Waals surface area (Å²) in [5.74, 6) is 0.936. The Morgan fingerprint density at radius 1 is 0.900 bits per heavy atom. The standard InChI is InChI=1S/C24H27N5O/c30-24(25-15-14-19-8-3-1-4-9-19)26-21-11-7-10-20(18-21)22-12-13-23(28-27-22)29-16-5-2-6-17-29/h1,3-4,7-13,18H,2,5-6,14-17H2,(H2,25,26,30). The van der Waals surface area contributed by atoms with Gasteiger partial charge in [0.05, 0.1) is 5.69 Å². The van der Waals surface area contributed by atoms with E-state index in [4.69, 9.17) is 0 Å². The minimum atomic E-state index is -0.213. The number of urea groups is 1. The summed E-state index contributed by atoms with van der Waals surface area (Å²) in [6, 6.07) is 21.6. The van der Waals surface area contributed by atoms with E-state index in [1.165, 1.54) is 24.8 Å².